The van der Waals surface area contributed by atoms with Crippen LogP contribution in [0.4, 0.5) is 11.6 Å². The Labute approximate surface area is 159 Å². The van der Waals surface area contributed by atoms with E-state index in [1.807, 2.05) is 12.1 Å². The number of halogens is 1. The summed E-state index contributed by atoms with van der Waals surface area (Å²) in [6.45, 7) is 3.12. The van der Waals surface area contributed by atoms with Crippen molar-refractivity contribution < 1.29 is 14.5 Å². The number of carbonyl (C=O) groups is 2. The number of anilines is 2. The number of hydrogen-bond donors (Lipinski definition) is 1. The maximum atomic E-state index is 12.9. The number of imide groups is 1. The van der Waals surface area contributed by atoms with Crippen LogP contribution in [-0.2, 0) is 9.59 Å². The van der Waals surface area contributed by atoms with Crippen LogP contribution in [0, 0.1) is 0 Å². The molecule has 2 saturated heterocycles. The summed E-state index contributed by atoms with van der Waals surface area (Å²) in [5, 5.41) is 0. The van der Waals surface area contributed by atoms with E-state index in [4.69, 9.17) is 0 Å². The van der Waals surface area contributed by atoms with Crippen molar-refractivity contribution in [2.24, 2.45) is 0 Å². The van der Waals surface area contributed by atoms with E-state index in [2.05, 4.69) is 30.8 Å². The molecule has 0 unspecified atom stereocenters. The zero-order chi connectivity index (χ0) is 18.1. The van der Waals surface area contributed by atoms with E-state index in [1.54, 1.807) is 30.6 Å². The molecule has 1 N–H and O–H groups in total. The number of piperazine rings is 1. The molecule has 0 aliphatic carbocycles. The highest BCUT2D eigenvalue weighted by Gasteiger charge is 2.46. The molecule has 26 heavy (non-hydrogen) atoms. The Balaban J connectivity index is 1.44. The van der Waals surface area contributed by atoms with Gasteiger partial charge in [0, 0.05) is 16.9 Å². The van der Waals surface area contributed by atoms with E-state index in [-0.39, 0.29) is 24.3 Å². The van der Waals surface area contributed by atoms with Gasteiger partial charge in [0.2, 0.25) is 11.9 Å². The number of rotatable bonds is 3. The van der Waals surface area contributed by atoms with Crippen LogP contribution >= 0.6 is 15.9 Å². The highest BCUT2D eigenvalue weighted by Crippen LogP contribution is 2.24. The van der Waals surface area contributed by atoms with Gasteiger partial charge < -0.3 is 9.80 Å². The lowest BCUT2D eigenvalue weighted by Gasteiger charge is -2.34. The molecule has 2 aliphatic heterocycles. The number of quaternary nitrogens is 1. The molecule has 0 radical (unpaired) electrons. The third kappa shape index (κ3) is 3.22. The van der Waals surface area contributed by atoms with E-state index >= 15 is 0 Å². The van der Waals surface area contributed by atoms with Crippen LogP contribution in [0.3, 0.4) is 0 Å². The fourth-order valence-electron chi connectivity index (χ4n) is 3.61. The SMILES string of the molecule is O=C1C[C@@H]([NH+]2CCN(c3ncccn3)CC2)C(=O)N1c1ccc(Br)cc1. The first-order chi connectivity index (χ1) is 12.6. The average Bonchev–Trinajstić information content (AvgIpc) is 2.98. The smallest absolute Gasteiger partial charge is 0.292 e. The largest absolute Gasteiger partial charge is 0.330 e. The minimum atomic E-state index is -0.301. The van der Waals surface area contributed by atoms with Gasteiger partial charge in [0.15, 0.2) is 6.04 Å². The van der Waals surface area contributed by atoms with Crippen molar-refractivity contribution in [2.75, 3.05) is 36.0 Å². The van der Waals surface area contributed by atoms with Gasteiger partial charge in [-0.3, -0.25) is 9.59 Å². The quantitative estimate of drug-likeness (QED) is 0.727. The van der Waals surface area contributed by atoms with Crippen molar-refractivity contribution >= 4 is 39.4 Å². The van der Waals surface area contributed by atoms with Crippen molar-refractivity contribution in [1.82, 2.24) is 9.97 Å². The first kappa shape index (κ1) is 17.1. The molecule has 1 aromatic carbocycles. The second kappa shape index (κ2) is 7.13. The standard InChI is InChI=1S/C18H18BrN5O2/c19-13-2-4-14(5-3-13)24-16(25)12-15(17(24)26)22-8-10-23(11-9-22)18-20-6-1-7-21-18/h1-7,15H,8-12H2/p+1/t15-/m1/s1. The highest BCUT2D eigenvalue weighted by atomic mass is 79.9. The van der Waals surface area contributed by atoms with Crippen LogP contribution < -0.4 is 14.7 Å². The van der Waals surface area contributed by atoms with Crippen LogP contribution in [0.1, 0.15) is 6.42 Å². The Morgan fingerprint density at radius 3 is 2.35 bits per heavy atom. The van der Waals surface area contributed by atoms with Gasteiger partial charge in [-0.25, -0.2) is 14.9 Å². The molecule has 0 saturated carbocycles. The molecule has 2 amide bonds. The van der Waals surface area contributed by atoms with E-state index in [0.717, 1.165) is 41.5 Å². The molecule has 2 aromatic rings. The van der Waals surface area contributed by atoms with Crippen molar-refractivity contribution in [3.8, 4) is 0 Å². The van der Waals surface area contributed by atoms with Crippen LogP contribution in [0.15, 0.2) is 47.2 Å². The Bertz CT molecular complexity index is 806. The predicted octanol–water partition coefficient (Wildman–Crippen LogP) is 0.276. The maximum Gasteiger partial charge on any atom is 0.292 e. The Morgan fingerprint density at radius 2 is 1.69 bits per heavy atom. The van der Waals surface area contributed by atoms with Gasteiger partial charge in [-0.05, 0) is 30.3 Å². The molecule has 2 aliphatic rings. The number of nitrogens with zero attached hydrogens (tertiary/aromatic N) is 4. The molecule has 4 rings (SSSR count). The summed E-state index contributed by atoms with van der Waals surface area (Å²) in [5.74, 6) is 0.497. The summed E-state index contributed by atoms with van der Waals surface area (Å²) in [6, 6.07) is 8.77. The second-order valence-corrected chi connectivity index (χ2v) is 7.41. The fourth-order valence-corrected chi connectivity index (χ4v) is 3.87. The predicted molar refractivity (Wildman–Crippen MR) is 100.0 cm³/mol. The van der Waals surface area contributed by atoms with Crippen molar-refractivity contribution in [3.05, 3.63) is 47.2 Å². The van der Waals surface area contributed by atoms with Crippen molar-refractivity contribution in [2.45, 2.75) is 12.5 Å². The maximum absolute atomic E-state index is 12.9. The van der Waals surface area contributed by atoms with E-state index in [9.17, 15) is 9.59 Å². The molecule has 1 atom stereocenters. The second-order valence-electron chi connectivity index (χ2n) is 6.49. The van der Waals surface area contributed by atoms with E-state index in [1.165, 1.54) is 4.90 Å². The van der Waals surface area contributed by atoms with Gasteiger partial charge in [-0.2, -0.15) is 0 Å². The minimum Gasteiger partial charge on any atom is -0.330 e. The number of hydrogen-bond acceptors (Lipinski definition) is 5. The van der Waals surface area contributed by atoms with Crippen LogP contribution in [0.5, 0.6) is 0 Å². The zero-order valence-electron chi connectivity index (χ0n) is 14.1. The lowest BCUT2D eigenvalue weighted by molar-refractivity contribution is -0.915. The first-order valence-corrected chi connectivity index (χ1v) is 9.42. The Hall–Kier alpha value is -2.32. The summed E-state index contributed by atoms with van der Waals surface area (Å²) < 4.78 is 0.918. The van der Waals surface area contributed by atoms with Gasteiger partial charge in [0.1, 0.15) is 0 Å². The monoisotopic (exact) mass is 416 g/mol. The summed E-state index contributed by atoms with van der Waals surface area (Å²) in [6.07, 6.45) is 3.74. The number of benzene rings is 1. The Kier molecular flexibility index (Phi) is 4.69. The van der Waals surface area contributed by atoms with Crippen LogP contribution in [0.2, 0.25) is 0 Å². The van der Waals surface area contributed by atoms with Crippen molar-refractivity contribution in [3.63, 3.8) is 0 Å². The number of carbonyl (C=O) groups excluding carboxylic acids is 2. The third-order valence-corrected chi connectivity index (χ3v) is 5.49. The molecule has 8 heteroatoms. The molecular formula is C18H19BrN5O2+. The summed E-state index contributed by atoms with van der Waals surface area (Å²) in [7, 11) is 0. The molecule has 7 nitrogen and oxygen atoms in total. The lowest BCUT2D eigenvalue weighted by atomic mass is 10.2. The third-order valence-electron chi connectivity index (χ3n) is 4.96. The number of aromatic nitrogens is 2. The van der Waals surface area contributed by atoms with Gasteiger partial charge >= 0.3 is 0 Å². The average molecular weight is 417 g/mol. The van der Waals surface area contributed by atoms with Crippen LogP contribution in [-0.4, -0.2) is 54.0 Å². The van der Waals surface area contributed by atoms with Gasteiger partial charge in [0.05, 0.1) is 38.3 Å². The highest BCUT2D eigenvalue weighted by molar-refractivity contribution is 9.10. The van der Waals surface area contributed by atoms with Crippen LogP contribution in [0.25, 0.3) is 0 Å². The van der Waals surface area contributed by atoms with Gasteiger partial charge in [-0.15, -0.1) is 0 Å². The van der Waals surface area contributed by atoms with Gasteiger partial charge in [0.25, 0.3) is 5.91 Å². The normalized spacial score (nSPS) is 21.5. The van der Waals surface area contributed by atoms with E-state index < -0.39 is 0 Å². The summed E-state index contributed by atoms with van der Waals surface area (Å²) in [5.41, 5.74) is 0.640. The molecule has 0 spiro atoms. The van der Waals surface area contributed by atoms with Gasteiger partial charge in [-0.1, -0.05) is 15.9 Å². The topological polar surface area (TPSA) is 70.8 Å². The molecule has 3 heterocycles. The zero-order valence-corrected chi connectivity index (χ0v) is 15.7. The molecule has 1 aromatic heterocycles. The summed E-state index contributed by atoms with van der Waals surface area (Å²) in [4.78, 5) is 38.5. The lowest BCUT2D eigenvalue weighted by Crippen LogP contribution is -3.19. The van der Waals surface area contributed by atoms with Crippen molar-refractivity contribution in [1.29, 1.82) is 0 Å². The molecule has 134 valence electrons. The fraction of sp³-hybridized carbons (Fsp3) is 0.333. The van der Waals surface area contributed by atoms with E-state index in [0.29, 0.717) is 5.69 Å². The number of nitrogens with one attached hydrogen (secondary N) is 1. The summed E-state index contributed by atoms with van der Waals surface area (Å²) >= 11 is 3.38. The molecule has 0 bridgehead atoms. The Morgan fingerprint density at radius 1 is 1.04 bits per heavy atom. The molecular weight excluding hydrogens is 398 g/mol. The molecule has 2 fully saturated rings. The minimum absolute atomic E-state index is 0.100. The first-order valence-electron chi connectivity index (χ1n) is 8.62. The number of amides is 2.